The highest BCUT2D eigenvalue weighted by atomic mass is 32.1. The summed E-state index contributed by atoms with van der Waals surface area (Å²) in [4.78, 5) is 25.5. The Bertz CT molecular complexity index is 673. The van der Waals surface area contributed by atoms with Crippen molar-refractivity contribution < 1.29 is 9.59 Å². The maximum absolute atomic E-state index is 11.0. The van der Waals surface area contributed by atoms with Crippen LogP contribution in [0, 0.1) is 0 Å². The Morgan fingerprint density at radius 3 is 1.63 bits per heavy atom. The third-order valence-electron chi connectivity index (χ3n) is 2.74. The van der Waals surface area contributed by atoms with Crippen molar-refractivity contribution in [2.45, 2.75) is 0 Å². The molecule has 0 aliphatic heterocycles. The standard InChI is InChI=1S/C14H8O2S3/c15-7-13-9(3-5-17-13)11-1-2-12(19-11)10-4-6-18-14(10)8-16/h1-8H. The lowest BCUT2D eigenvalue weighted by Crippen LogP contribution is -1.75. The zero-order valence-electron chi connectivity index (χ0n) is 9.66. The monoisotopic (exact) mass is 304 g/mol. The molecule has 0 saturated heterocycles. The molecule has 0 aromatic carbocycles. The predicted octanol–water partition coefficient (Wildman–Crippen LogP) is 4.83. The lowest BCUT2D eigenvalue weighted by molar-refractivity contribution is 0.111. The summed E-state index contributed by atoms with van der Waals surface area (Å²) in [6, 6.07) is 7.92. The predicted molar refractivity (Wildman–Crippen MR) is 81.7 cm³/mol. The molecule has 0 amide bonds. The van der Waals surface area contributed by atoms with Crippen molar-refractivity contribution in [3.05, 3.63) is 44.8 Å². The lowest BCUT2D eigenvalue weighted by atomic mass is 10.2. The fraction of sp³-hybridized carbons (Fsp3) is 0. The summed E-state index contributed by atoms with van der Waals surface area (Å²) in [5, 5.41) is 3.83. The normalized spacial score (nSPS) is 10.5. The minimum Gasteiger partial charge on any atom is -0.297 e. The Labute approximate surface area is 122 Å². The van der Waals surface area contributed by atoms with E-state index in [4.69, 9.17) is 0 Å². The minimum absolute atomic E-state index is 0.745. The second kappa shape index (κ2) is 5.21. The van der Waals surface area contributed by atoms with Crippen LogP contribution >= 0.6 is 34.0 Å². The van der Waals surface area contributed by atoms with Gasteiger partial charge in [-0.3, -0.25) is 9.59 Å². The molecule has 0 N–H and O–H groups in total. The molecule has 3 heterocycles. The average Bonchev–Trinajstić information content (AvgIpc) is 3.16. The van der Waals surface area contributed by atoms with Gasteiger partial charge in [0.1, 0.15) is 0 Å². The average molecular weight is 304 g/mol. The van der Waals surface area contributed by atoms with E-state index in [1.54, 1.807) is 11.3 Å². The smallest absolute Gasteiger partial charge is 0.160 e. The molecule has 0 aliphatic rings. The number of carbonyl (C=O) groups excluding carboxylic acids is 2. The molecule has 94 valence electrons. The molecule has 0 bridgehead atoms. The van der Waals surface area contributed by atoms with Gasteiger partial charge in [-0.25, -0.2) is 0 Å². The van der Waals surface area contributed by atoms with Gasteiger partial charge in [-0.05, 0) is 35.0 Å². The number of thiophene rings is 3. The first-order valence-electron chi connectivity index (χ1n) is 5.49. The topological polar surface area (TPSA) is 34.1 Å². The highest BCUT2D eigenvalue weighted by Crippen LogP contribution is 2.39. The first-order chi connectivity index (χ1) is 9.33. The fourth-order valence-electron chi connectivity index (χ4n) is 1.86. The SMILES string of the molecule is O=Cc1sccc1-c1ccc(-c2ccsc2C=O)s1. The highest BCUT2D eigenvalue weighted by Gasteiger charge is 2.12. The molecule has 0 saturated carbocycles. The van der Waals surface area contributed by atoms with Crippen molar-refractivity contribution in [2.24, 2.45) is 0 Å². The van der Waals surface area contributed by atoms with E-state index < -0.39 is 0 Å². The van der Waals surface area contributed by atoms with Crippen molar-refractivity contribution >= 4 is 46.6 Å². The number of hydrogen-bond donors (Lipinski definition) is 0. The largest absolute Gasteiger partial charge is 0.297 e. The summed E-state index contributed by atoms with van der Waals surface area (Å²) in [5.41, 5.74) is 1.94. The second-order valence-electron chi connectivity index (χ2n) is 3.80. The Kier molecular flexibility index (Phi) is 3.42. The van der Waals surface area contributed by atoms with Crippen LogP contribution in [0.15, 0.2) is 35.0 Å². The van der Waals surface area contributed by atoms with Crippen LogP contribution in [0.4, 0.5) is 0 Å². The van der Waals surface area contributed by atoms with E-state index in [0.29, 0.717) is 0 Å². The Morgan fingerprint density at radius 2 is 1.21 bits per heavy atom. The Hall–Kier alpha value is -1.56. The lowest BCUT2D eigenvalue weighted by Gasteiger charge is -1.95. The van der Waals surface area contributed by atoms with Gasteiger partial charge in [0, 0.05) is 20.9 Å². The molecule has 0 spiro atoms. The van der Waals surface area contributed by atoms with Gasteiger partial charge in [0.15, 0.2) is 12.6 Å². The third-order valence-corrected chi connectivity index (χ3v) is 5.58. The van der Waals surface area contributed by atoms with Gasteiger partial charge in [0.05, 0.1) is 9.75 Å². The van der Waals surface area contributed by atoms with Crippen molar-refractivity contribution in [2.75, 3.05) is 0 Å². The van der Waals surface area contributed by atoms with Gasteiger partial charge >= 0.3 is 0 Å². The third kappa shape index (κ3) is 2.20. The highest BCUT2D eigenvalue weighted by molar-refractivity contribution is 7.20. The minimum atomic E-state index is 0.745. The van der Waals surface area contributed by atoms with Crippen LogP contribution in [0.5, 0.6) is 0 Å². The van der Waals surface area contributed by atoms with Gasteiger partial charge in [0.2, 0.25) is 0 Å². The van der Waals surface area contributed by atoms with Crippen LogP contribution in [-0.2, 0) is 0 Å². The zero-order valence-corrected chi connectivity index (χ0v) is 12.1. The van der Waals surface area contributed by atoms with Crippen LogP contribution < -0.4 is 0 Å². The number of hydrogen-bond acceptors (Lipinski definition) is 5. The van der Waals surface area contributed by atoms with E-state index in [1.165, 1.54) is 22.7 Å². The number of rotatable bonds is 4. The maximum atomic E-state index is 11.0. The first kappa shape index (κ1) is 12.5. The van der Waals surface area contributed by atoms with Gasteiger partial charge in [-0.15, -0.1) is 34.0 Å². The summed E-state index contributed by atoms with van der Waals surface area (Å²) < 4.78 is 0. The summed E-state index contributed by atoms with van der Waals surface area (Å²) >= 11 is 4.49. The maximum Gasteiger partial charge on any atom is 0.160 e. The molecule has 2 nitrogen and oxygen atoms in total. The van der Waals surface area contributed by atoms with Gasteiger partial charge < -0.3 is 0 Å². The Balaban J connectivity index is 2.05. The molecule has 5 heteroatoms. The van der Waals surface area contributed by atoms with E-state index in [1.807, 2.05) is 35.0 Å². The summed E-state index contributed by atoms with van der Waals surface area (Å²) in [6.45, 7) is 0. The van der Waals surface area contributed by atoms with Crippen LogP contribution in [0.1, 0.15) is 19.3 Å². The van der Waals surface area contributed by atoms with Crippen LogP contribution in [0.2, 0.25) is 0 Å². The van der Waals surface area contributed by atoms with E-state index in [2.05, 4.69) is 0 Å². The molecule has 0 unspecified atom stereocenters. The molecule has 0 radical (unpaired) electrons. The fourth-order valence-corrected chi connectivity index (χ4v) is 4.50. The molecular formula is C14H8O2S3. The zero-order chi connectivity index (χ0) is 13.2. The summed E-state index contributed by atoms with van der Waals surface area (Å²) in [5.74, 6) is 0. The van der Waals surface area contributed by atoms with Gasteiger partial charge in [0.25, 0.3) is 0 Å². The van der Waals surface area contributed by atoms with E-state index >= 15 is 0 Å². The van der Waals surface area contributed by atoms with E-state index in [-0.39, 0.29) is 0 Å². The molecule has 0 aliphatic carbocycles. The van der Waals surface area contributed by atoms with Crippen molar-refractivity contribution in [3.63, 3.8) is 0 Å². The Morgan fingerprint density at radius 1 is 0.737 bits per heavy atom. The van der Waals surface area contributed by atoms with Crippen molar-refractivity contribution in [1.82, 2.24) is 0 Å². The van der Waals surface area contributed by atoms with Crippen molar-refractivity contribution in [1.29, 1.82) is 0 Å². The van der Waals surface area contributed by atoms with Crippen LogP contribution in [-0.4, -0.2) is 12.6 Å². The van der Waals surface area contributed by atoms with Crippen LogP contribution in [0.25, 0.3) is 20.9 Å². The van der Waals surface area contributed by atoms with E-state index in [9.17, 15) is 9.59 Å². The molecule has 3 aromatic heterocycles. The number of aldehydes is 2. The van der Waals surface area contributed by atoms with Gasteiger partial charge in [-0.2, -0.15) is 0 Å². The number of carbonyl (C=O) groups is 2. The summed E-state index contributed by atoms with van der Waals surface area (Å²) in [7, 11) is 0. The molecular weight excluding hydrogens is 296 g/mol. The van der Waals surface area contributed by atoms with Crippen molar-refractivity contribution in [3.8, 4) is 20.9 Å². The van der Waals surface area contributed by atoms with E-state index in [0.717, 1.165) is 43.2 Å². The van der Waals surface area contributed by atoms with Crippen LogP contribution in [0.3, 0.4) is 0 Å². The molecule has 19 heavy (non-hydrogen) atoms. The molecule has 0 atom stereocenters. The van der Waals surface area contributed by atoms with Gasteiger partial charge in [-0.1, -0.05) is 0 Å². The molecule has 3 aromatic rings. The first-order valence-corrected chi connectivity index (χ1v) is 8.07. The quantitative estimate of drug-likeness (QED) is 0.647. The second-order valence-corrected chi connectivity index (χ2v) is 6.78. The summed E-state index contributed by atoms with van der Waals surface area (Å²) in [6.07, 6.45) is 1.78. The molecule has 0 fully saturated rings. The molecule has 3 rings (SSSR count).